The fourth-order valence-corrected chi connectivity index (χ4v) is 1.92. The predicted octanol–water partition coefficient (Wildman–Crippen LogP) is 1.27. The molecule has 0 saturated carbocycles. The first-order chi connectivity index (χ1) is 6.67. The Labute approximate surface area is 87.4 Å². The van der Waals surface area contributed by atoms with Crippen molar-refractivity contribution in [1.82, 2.24) is 0 Å². The highest BCUT2D eigenvalue weighted by atomic mass is 35.5. The maximum atomic E-state index is 10.2. The topological polar surface area (TPSA) is 55.5 Å². The lowest BCUT2D eigenvalue weighted by molar-refractivity contribution is 0.00539. The highest BCUT2D eigenvalue weighted by molar-refractivity contribution is 6.32. The molecule has 1 aromatic rings. The van der Waals surface area contributed by atoms with Gasteiger partial charge in [-0.25, -0.2) is 0 Å². The lowest BCUT2D eigenvalue weighted by Crippen LogP contribution is -2.39. The van der Waals surface area contributed by atoms with Gasteiger partial charge >= 0.3 is 0 Å². The minimum absolute atomic E-state index is 0.184. The Morgan fingerprint density at radius 1 is 1.57 bits per heavy atom. The highest BCUT2D eigenvalue weighted by Crippen LogP contribution is 2.40. The number of benzene rings is 1. The van der Waals surface area contributed by atoms with Gasteiger partial charge < -0.3 is 15.6 Å². The van der Waals surface area contributed by atoms with Crippen molar-refractivity contribution in [2.75, 3.05) is 13.2 Å². The molecule has 0 radical (unpaired) electrons. The van der Waals surface area contributed by atoms with Crippen LogP contribution >= 0.6 is 11.6 Å². The van der Waals surface area contributed by atoms with Gasteiger partial charge in [-0.3, -0.25) is 0 Å². The fourth-order valence-electron chi connectivity index (χ4n) is 1.69. The molecule has 3 nitrogen and oxygen atoms in total. The molecule has 76 valence electrons. The molecule has 1 heterocycles. The summed E-state index contributed by atoms with van der Waals surface area (Å²) in [6.07, 6.45) is 0.511. The van der Waals surface area contributed by atoms with E-state index in [9.17, 15) is 5.11 Å². The van der Waals surface area contributed by atoms with Crippen molar-refractivity contribution in [2.45, 2.75) is 12.0 Å². The van der Waals surface area contributed by atoms with Crippen molar-refractivity contribution in [2.24, 2.45) is 5.73 Å². The number of nitrogens with two attached hydrogens (primary N) is 1. The van der Waals surface area contributed by atoms with Crippen LogP contribution in [0.3, 0.4) is 0 Å². The van der Waals surface area contributed by atoms with Crippen LogP contribution in [0.15, 0.2) is 18.2 Å². The molecule has 0 spiro atoms. The summed E-state index contributed by atoms with van der Waals surface area (Å²) in [6.45, 7) is 0.633. The van der Waals surface area contributed by atoms with Crippen LogP contribution in [0.2, 0.25) is 5.02 Å². The first-order valence-corrected chi connectivity index (χ1v) is 4.89. The minimum atomic E-state index is -0.988. The molecule has 14 heavy (non-hydrogen) atoms. The first kappa shape index (κ1) is 9.77. The normalized spacial score (nSPS) is 25.4. The number of ether oxygens (including phenoxy) is 1. The second-order valence-corrected chi connectivity index (χ2v) is 3.86. The van der Waals surface area contributed by atoms with Gasteiger partial charge in [0.25, 0.3) is 0 Å². The van der Waals surface area contributed by atoms with Gasteiger partial charge in [-0.1, -0.05) is 23.7 Å². The standard InChI is InChI=1S/C10H12ClNO2/c11-8-3-1-2-7-9(8)14-5-4-10(7,13)6-12/h1-3,13H,4-6,12H2. The number of para-hydroxylation sites is 1. The Hall–Kier alpha value is -0.770. The molecule has 4 heteroatoms. The third-order valence-electron chi connectivity index (χ3n) is 2.57. The van der Waals surface area contributed by atoms with Crippen LogP contribution in [0.25, 0.3) is 0 Å². The van der Waals surface area contributed by atoms with Gasteiger partial charge in [-0.2, -0.15) is 0 Å². The molecule has 0 amide bonds. The van der Waals surface area contributed by atoms with Crippen LogP contribution in [0.5, 0.6) is 5.75 Å². The number of rotatable bonds is 1. The van der Waals surface area contributed by atoms with E-state index in [0.29, 0.717) is 29.4 Å². The lowest BCUT2D eigenvalue weighted by atomic mass is 9.88. The van der Waals surface area contributed by atoms with E-state index >= 15 is 0 Å². The van der Waals surface area contributed by atoms with Crippen molar-refractivity contribution in [1.29, 1.82) is 0 Å². The van der Waals surface area contributed by atoms with Crippen LogP contribution in [0.4, 0.5) is 0 Å². The molecule has 2 rings (SSSR count). The molecule has 1 aliphatic rings. The highest BCUT2D eigenvalue weighted by Gasteiger charge is 2.35. The largest absolute Gasteiger partial charge is 0.491 e. The van der Waals surface area contributed by atoms with Crippen molar-refractivity contribution in [3.63, 3.8) is 0 Å². The number of halogens is 1. The third kappa shape index (κ3) is 1.38. The Kier molecular flexibility index (Phi) is 2.39. The Morgan fingerprint density at radius 3 is 3.07 bits per heavy atom. The molecule has 1 aromatic carbocycles. The van der Waals surface area contributed by atoms with Crippen molar-refractivity contribution < 1.29 is 9.84 Å². The van der Waals surface area contributed by atoms with Gasteiger partial charge in [-0.15, -0.1) is 0 Å². The summed E-state index contributed by atoms with van der Waals surface area (Å²) in [7, 11) is 0. The Bertz CT molecular complexity index is 356. The van der Waals surface area contributed by atoms with E-state index in [4.69, 9.17) is 22.1 Å². The molecule has 0 fully saturated rings. The molecule has 0 saturated heterocycles. The number of hydrogen-bond donors (Lipinski definition) is 2. The van der Waals surface area contributed by atoms with Gasteiger partial charge in [0.2, 0.25) is 0 Å². The van der Waals surface area contributed by atoms with Crippen LogP contribution < -0.4 is 10.5 Å². The zero-order chi connectivity index (χ0) is 10.2. The van der Waals surface area contributed by atoms with Crippen LogP contribution in [0.1, 0.15) is 12.0 Å². The number of fused-ring (bicyclic) bond motifs is 1. The summed E-state index contributed by atoms with van der Waals surface area (Å²) in [4.78, 5) is 0. The maximum absolute atomic E-state index is 10.2. The van der Waals surface area contributed by atoms with Crippen LogP contribution in [-0.4, -0.2) is 18.3 Å². The summed E-state index contributed by atoms with van der Waals surface area (Å²) < 4.78 is 5.40. The first-order valence-electron chi connectivity index (χ1n) is 4.51. The predicted molar refractivity (Wildman–Crippen MR) is 54.5 cm³/mol. The lowest BCUT2D eigenvalue weighted by Gasteiger charge is -2.33. The van der Waals surface area contributed by atoms with Gasteiger partial charge in [0.05, 0.1) is 11.6 Å². The zero-order valence-electron chi connectivity index (χ0n) is 7.66. The maximum Gasteiger partial charge on any atom is 0.144 e. The summed E-state index contributed by atoms with van der Waals surface area (Å²) in [5.41, 5.74) is 5.26. The van der Waals surface area contributed by atoms with Crippen LogP contribution in [-0.2, 0) is 5.60 Å². The zero-order valence-corrected chi connectivity index (χ0v) is 8.42. The Balaban J connectivity index is 2.55. The monoisotopic (exact) mass is 213 g/mol. The second kappa shape index (κ2) is 3.42. The van der Waals surface area contributed by atoms with Gasteiger partial charge in [-0.05, 0) is 6.07 Å². The van der Waals surface area contributed by atoms with E-state index in [-0.39, 0.29) is 6.54 Å². The van der Waals surface area contributed by atoms with E-state index in [0.717, 1.165) is 0 Å². The van der Waals surface area contributed by atoms with E-state index < -0.39 is 5.60 Å². The summed E-state index contributed by atoms with van der Waals surface area (Å²) in [6, 6.07) is 5.33. The summed E-state index contributed by atoms with van der Waals surface area (Å²) in [5, 5.41) is 10.7. The van der Waals surface area contributed by atoms with Gasteiger partial charge in [0.1, 0.15) is 11.4 Å². The van der Waals surface area contributed by atoms with Gasteiger partial charge in [0, 0.05) is 18.5 Å². The van der Waals surface area contributed by atoms with E-state index in [1.54, 1.807) is 18.2 Å². The average molecular weight is 214 g/mol. The smallest absolute Gasteiger partial charge is 0.144 e. The summed E-state index contributed by atoms with van der Waals surface area (Å²) in [5.74, 6) is 0.563. The quantitative estimate of drug-likeness (QED) is 0.739. The molecular formula is C10H12ClNO2. The SMILES string of the molecule is NCC1(O)CCOc2c(Cl)cccc21. The molecule has 3 N–H and O–H groups in total. The van der Waals surface area contributed by atoms with Crippen LogP contribution in [0, 0.1) is 0 Å². The molecule has 1 atom stereocenters. The molecule has 0 bridgehead atoms. The van der Waals surface area contributed by atoms with E-state index in [1.807, 2.05) is 0 Å². The molecule has 0 aromatic heterocycles. The third-order valence-corrected chi connectivity index (χ3v) is 2.87. The second-order valence-electron chi connectivity index (χ2n) is 3.45. The number of aliphatic hydroxyl groups is 1. The van der Waals surface area contributed by atoms with Gasteiger partial charge in [0.15, 0.2) is 0 Å². The molecule has 1 aliphatic heterocycles. The van der Waals surface area contributed by atoms with Crippen molar-refractivity contribution >= 4 is 11.6 Å². The molecule has 1 unspecified atom stereocenters. The van der Waals surface area contributed by atoms with Crippen molar-refractivity contribution in [3.8, 4) is 5.75 Å². The summed E-state index contributed by atoms with van der Waals surface area (Å²) >= 11 is 5.95. The van der Waals surface area contributed by atoms with E-state index in [1.165, 1.54) is 0 Å². The minimum Gasteiger partial charge on any atom is -0.491 e. The molecular weight excluding hydrogens is 202 g/mol. The van der Waals surface area contributed by atoms with E-state index in [2.05, 4.69) is 0 Å². The number of hydrogen-bond acceptors (Lipinski definition) is 3. The van der Waals surface area contributed by atoms with Crippen molar-refractivity contribution in [3.05, 3.63) is 28.8 Å². The Morgan fingerprint density at radius 2 is 2.36 bits per heavy atom. The fraction of sp³-hybridized carbons (Fsp3) is 0.400. The average Bonchev–Trinajstić information content (AvgIpc) is 2.20. The molecule has 0 aliphatic carbocycles.